The van der Waals surface area contributed by atoms with Crippen LogP contribution in [0.1, 0.15) is 116 Å². The van der Waals surface area contributed by atoms with Crippen molar-refractivity contribution in [3.63, 3.8) is 0 Å². The first-order chi connectivity index (χ1) is 62.6. The summed E-state index contributed by atoms with van der Waals surface area (Å²) in [6.07, 6.45) is 26.8. The molecule has 5 N–H and O–H groups in total. The molecule has 0 atom stereocenters. The number of aromatic amines is 1. The quantitative estimate of drug-likeness (QED) is 0.0623. The number of fused-ring (bicyclic) bond motifs is 8. The summed E-state index contributed by atoms with van der Waals surface area (Å²) in [5, 5.41) is 42.6. The van der Waals surface area contributed by atoms with Gasteiger partial charge in [0.25, 0.3) is 0 Å². The van der Waals surface area contributed by atoms with E-state index < -0.39 is 27.9 Å². The maximum Gasteiger partial charge on any atom is 0.490 e. The minimum Gasteiger partial charge on any atom is -0.400 e. The van der Waals surface area contributed by atoms with E-state index in [1.807, 2.05) is 79.9 Å². The zero-order chi connectivity index (χ0) is 94.1. The maximum absolute atomic E-state index is 7.83. The lowest BCUT2D eigenvalue weighted by Gasteiger charge is -2.32. The molecule has 0 unspecified atom stereocenters. The molecule has 21 rings (SSSR count). The van der Waals surface area contributed by atoms with Gasteiger partial charge in [0.2, 0.25) is 27.7 Å². The van der Waals surface area contributed by atoms with E-state index in [9.17, 15) is 0 Å². The van der Waals surface area contributed by atoms with Crippen molar-refractivity contribution < 1.29 is 44.7 Å². The van der Waals surface area contributed by atoms with E-state index in [4.69, 9.17) is 85.2 Å². The molecule has 120 heavy (non-hydrogen) atoms. The molecular weight excluding hydrogens is 1830 g/mol. The number of nitrogens with zero attached hydrogens (tertiary/aromatic N) is 28. The van der Waals surface area contributed by atoms with Crippen molar-refractivity contribution in [2.75, 3.05) is 69.2 Å². The van der Waals surface area contributed by atoms with Crippen LogP contribution >= 0.6 is 80.0 Å². The largest absolute Gasteiger partial charge is 0.490 e. The number of nitrogens with one attached hydrogen (secondary N) is 3. The average Bonchev–Trinajstić information content (AvgIpc) is 1.62. The van der Waals surface area contributed by atoms with Gasteiger partial charge in [-0.15, -0.1) is 0 Å². The first-order valence-corrected chi connectivity index (χ1v) is 40.4. The number of nitrogen functional groups attached to an aromatic ring is 1. The Hall–Kier alpha value is -10.6. The number of halogens is 5. The SMILES string of the molecule is CC1(C)OB(C2=CCOCC2)OC1(C)C.Cc1cc2ncnn2cc1N.Clc1ncc2n[nH]c(I)c2n1.[2H]C([2H])([2H])n1nc(C2=CCOCC2)c2nc(Cl)ncc21.[2H]C([2H])([2H])n1nc(C2=CCOCC2)c2nc(Nc3cn4ncnc4cc3C)ncc21.[2H]C([2H])([2H])n1nc(C2CCOCC2)c2nc(Nc3cn4ncnc4cc3C)ncc21.[2H]C([2H])([2H])n1nc(I)c2nc(Cl)ncc21. The van der Waals surface area contributed by atoms with Crippen molar-refractivity contribution >= 4 is 199 Å². The van der Waals surface area contributed by atoms with Crippen molar-refractivity contribution in [1.29, 1.82) is 0 Å². The van der Waals surface area contributed by atoms with Crippen LogP contribution in [0.2, 0.25) is 15.9 Å². The van der Waals surface area contributed by atoms with Crippen molar-refractivity contribution in [1.82, 2.24) is 143 Å². The highest BCUT2D eigenvalue weighted by molar-refractivity contribution is 14.1. The Kier molecular flexibility index (Phi) is 21.5. The van der Waals surface area contributed by atoms with E-state index in [1.54, 1.807) is 32.1 Å². The van der Waals surface area contributed by atoms with Gasteiger partial charge < -0.3 is 44.6 Å². The minimum absolute atomic E-state index is 0.0662. The molecule has 16 aromatic rings. The molecule has 38 nitrogen and oxygen atoms in total. The molecule has 0 aromatic carbocycles. The number of anilines is 5. The first-order valence-electron chi connectivity index (χ1n) is 43.1. The summed E-state index contributed by atoms with van der Waals surface area (Å²) in [5.74, 6) is 0.799. The number of aryl methyl sites for hydroxylation is 7. The van der Waals surface area contributed by atoms with E-state index in [0.29, 0.717) is 136 Å². The van der Waals surface area contributed by atoms with E-state index in [2.05, 4.69) is 178 Å². The summed E-state index contributed by atoms with van der Waals surface area (Å²) in [4.78, 5) is 53.7. The fraction of sp³-hybridized carbons (Fsp3) is 0.355. The van der Waals surface area contributed by atoms with Gasteiger partial charge in [0.05, 0.1) is 123 Å². The van der Waals surface area contributed by atoms with Crippen LogP contribution in [0.3, 0.4) is 0 Å². The van der Waals surface area contributed by atoms with Crippen LogP contribution < -0.4 is 16.4 Å². The molecule has 620 valence electrons. The van der Waals surface area contributed by atoms with Gasteiger partial charge in [0.1, 0.15) is 92.9 Å². The van der Waals surface area contributed by atoms with Gasteiger partial charge >= 0.3 is 7.12 Å². The van der Waals surface area contributed by atoms with Crippen LogP contribution in [0.4, 0.5) is 29.0 Å². The van der Waals surface area contributed by atoms with Gasteiger partial charge in [-0.1, -0.05) is 18.2 Å². The van der Waals surface area contributed by atoms with Gasteiger partial charge in [-0.05, 0) is 212 Å². The van der Waals surface area contributed by atoms with Crippen molar-refractivity contribution in [2.45, 2.75) is 97.7 Å². The molecule has 2 saturated heterocycles. The molecule has 0 saturated carbocycles. The van der Waals surface area contributed by atoms with E-state index in [-0.39, 0.29) is 40.1 Å². The highest BCUT2D eigenvalue weighted by Gasteiger charge is 2.52. The second-order valence-electron chi connectivity index (χ2n) is 28.3. The summed E-state index contributed by atoms with van der Waals surface area (Å²) in [6, 6.07) is 5.72. The lowest BCUT2D eigenvalue weighted by molar-refractivity contribution is 0.00578. The van der Waals surface area contributed by atoms with Crippen molar-refractivity contribution in [2.24, 2.45) is 27.9 Å². The van der Waals surface area contributed by atoms with Gasteiger partial charge in [0, 0.05) is 63.5 Å². The zero-order valence-corrected chi connectivity index (χ0v) is 71.7. The van der Waals surface area contributed by atoms with Crippen molar-refractivity contribution in [3.05, 3.63) is 167 Å². The monoisotopic (exact) mass is 1920 g/mol. The van der Waals surface area contributed by atoms with E-state index >= 15 is 0 Å². The summed E-state index contributed by atoms with van der Waals surface area (Å²) in [5.41, 5.74) is 22.4. The van der Waals surface area contributed by atoms with Gasteiger partial charge in [-0.2, -0.15) is 40.8 Å². The number of ether oxygens (including phenoxy) is 4. The molecule has 0 bridgehead atoms. The van der Waals surface area contributed by atoms with Crippen LogP contribution in [0, 0.1) is 28.2 Å². The number of H-pyrrole nitrogens is 1. The highest BCUT2D eigenvalue weighted by atomic mass is 127. The lowest BCUT2D eigenvalue weighted by Crippen LogP contribution is -2.41. The Morgan fingerprint density at radius 2 is 0.958 bits per heavy atom. The highest BCUT2D eigenvalue weighted by Crippen LogP contribution is 2.40. The predicted molar refractivity (Wildman–Crippen MR) is 471 cm³/mol. The number of aromatic nitrogens is 29. The molecular formula is C76H82BCl3I2N32O6. The molecule has 2 fully saturated rings. The smallest absolute Gasteiger partial charge is 0.400 e. The van der Waals surface area contributed by atoms with Crippen LogP contribution in [0.5, 0.6) is 0 Å². The second-order valence-corrected chi connectivity index (χ2v) is 31.4. The standard InChI is InChI=1S/C18H20N8O.C18H18N8O.C11H19BO3.C11H11ClN4O.C7H8N4.C6H4ClIN4.C5H2ClIN4/c2*1-11-7-15-20-10-21-26(15)9-13(11)22-18-19-8-14-17(23-18)16(24-25(14)2)12-3-5-27-6-4-12;1-10(2)11(3,4)15-12(14-10)9-5-7-13-8-6-9;1-16-8-6-13-11(12)14-10(8)9(15-16)7-2-4-17-5-3-7;1-5-2-7-9-4-10-11(7)3-6(5)8;1-12-3-2-9-6(7)10-4(3)5(8)11-12;6-5-8-1-2-3(9-5)4(7)11-10-2/h7-10,12H,3-6H2,1-2H3,(H,19,22,23);3,7-10H,4-6H2,1-2H3,(H,19,22,23);5H,6-8H2,1-4H3;2,6H,3-5H2,1H3;2-4H,8H2,1H3;2H,1H3;1H,(H,10,11)/i2*2D3;;1D3;;1D3;. The van der Waals surface area contributed by atoms with E-state index in [1.165, 1.54) is 49.2 Å². The molecule has 0 aliphatic carbocycles. The summed E-state index contributed by atoms with van der Waals surface area (Å²) >= 11 is 21.0. The maximum atomic E-state index is 7.83. The normalized spacial score (nSPS) is 17.7. The first kappa shape index (κ1) is 70.1. The minimum atomic E-state index is -2.44. The molecule has 0 radical (unpaired) electrons. The molecule has 21 heterocycles. The molecule has 0 amide bonds. The summed E-state index contributed by atoms with van der Waals surface area (Å²) in [6.45, 7) is 9.37. The van der Waals surface area contributed by atoms with Gasteiger partial charge in [-0.25, -0.2) is 78.3 Å². The summed E-state index contributed by atoms with van der Waals surface area (Å²) < 4.78 is 135. The Bertz CT molecular complexity index is 6980. The number of pyridine rings is 3. The molecule has 5 aliphatic rings. The average molecular weight is 1920 g/mol. The second kappa shape index (κ2) is 36.8. The topological polar surface area (TPSA) is 425 Å². The number of hydrogen-bond acceptors (Lipinski definition) is 30. The number of nitrogens with two attached hydrogens (primary N) is 1. The van der Waals surface area contributed by atoms with E-state index in [0.717, 1.165) is 121 Å². The van der Waals surface area contributed by atoms with Crippen LogP contribution in [-0.2, 0) is 56.2 Å². The Labute approximate surface area is 744 Å². The third-order valence-electron chi connectivity index (χ3n) is 19.9. The van der Waals surface area contributed by atoms with Gasteiger partial charge in [0.15, 0.2) is 16.9 Å². The fourth-order valence-electron chi connectivity index (χ4n) is 12.8. The predicted octanol–water partition coefficient (Wildman–Crippen LogP) is 12.3. The summed E-state index contributed by atoms with van der Waals surface area (Å²) in [7, 11) is -0.182. The van der Waals surface area contributed by atoms with Gasteiger partial charge in [-0.3, -0.25) is 23.8 Å². The lowest BCUT2D eigenvalue weighted by atomic mass is 9.75. The third-order valence-corrected chi connectivity index (χ3v) is 22.0. The Balaban J connectivity index is 0.000000122. The van der Waals surface area contributed by atoms with Crippen LogP contribution in [0.25, 0.3) is 83.3 Å². The molecule has 0 spiro atoms. The zero-order valence-electron chi connectivity index (χ0n) is 77.1. The van der Waals surface area contributed by atoms with Crippen molar-refractivity contribution in [3.8, 4) is 0 Å². The number of rotatable bonds is 8. The number of hydrogen-bond donors (Lipinski definition) is 4. The molecule has 16 aromatic heterocycles. The Morgan fingerprint density at radius 3 is 1.48 bits per heavy atom. The third kappa shape index (κ3) is 19.1. The van der Waals surface area contributed by atoms with Crippen LogP contribution in [-0.4, -0.2) is 214 Å². The fourth-order valence-corrected chi connectivity index (χ4v) is 14.3. The molecule has 5 aliphatic heterocycles. The molecule has 44 heteroatoms. The van der Waals surface area contributed by atoms with Crippen LogP contribution in [0.15, 0.2) is 110 Å². The Morgan fingerprint density at radius 1 is 0.508 bits per heavy atom.